The maximum Gasteiger partial charge on any atom is 0.213 e. The van der Waals surface area contributed by atoms with Crippen molar-refractivity contribution in [2.24, 2.45) is 0 Å². The van der Waals surface area contributed by atoms with Gasteiger partial charge in [-0.05, 0) is 24.5 Å². The molecule has 18 heavy (non-hydrogen) atoms. The Bertz CT molecular complexity index is 394. The van der Waals surface area contributed by atoms with E-state index in [0.29, 0.717) is 12.5 Å². The van der Waals surface area contributed by atoms with Crippen molar-refractivity contribution in [1.82, 2.24) is 4.98 Å². The highest BCUT2D eigenvalue weighted by molar-refractivity contribution is 5.28. The Hall–Kier alpha value is -1.35. The number of aliphatic hydroxyl groups excluding tert-OH is 1. The second kappa shape index (κ2) is 6.55. The summed E-state index contributed by atoms with van der Waals surface area (Å²) in [4.78, 5) is 4.49. The van der Waals surface area contributed by atoms with Gasteiger partial charge in [-0.1, -0.05) is 26.8 Å². The van der Waals surface area contributed by atoms with Crippen molar-refractivity contribution in [3.63, 3.8) is 0 Å². The van der Waals surface area contributed by atoms with Gasteiger partial charge >= 0.3 is 0 Å². The van der Waals surface area contributed by atoms with Crippen molar-refractivity contribution in [3.05, 3.63) is 36.0 Å². The van der Waals surface area contributed by atoms with Gasteiger partial charge in [0, 0.05) is 11.5 Å². The monoisotopic (exact) mass is 249 g/mol. The van der Waals surface area contributed by atoms with Crippen LogP contribution in [0.15, 0.2) is 24.8 Å². The Kier molecular flexibility index (Phi) is 5.35. The van der Waals surface area contributed by atoms with Gasteiger partial charge in [0.15, 0.2) is 0 Å². The first-order chi connectivity index (χ1) is 8.47. The lowest BCUT2D eigenvalue weighted by molar-refractivity contribution is 0.275. The molecule has 1 aromatic rings. The number of ether oxygens (including phenoxy) is 1. The van der Waals surface area contributed by atoms with E-state index in [1.165, 1.54) is 0 Å². The standard InChI is InChI=1S/C15H23NO2/c1-5-6-7-8-18-14-10-12(11-17)9-13(16-14)15(2,3)4/h5,9-10,17H,1,6-8,11H2,2-4H3. The number of nitrogens with zero attached hydrogens (tertiary/aromatic N) is 1. The first-order valence-corrected chi connectivity index (χ1v) is 6.33. The van der Waals surface area contributed by atoms with Gasteiger partial charge in [-0.2, -0.15) is 0 Å². The van der Waals surface area contributed by atoms with Crippen LogP contribution in [-0.2, 0) is 12.0 Å². The number of hydrogen-bond acceptors (Lipinski definition) is 3. The summed E-state index contributed by atoms with van der Waals surface area (Å²) in [5.41, 5.74) is 1.73. The minimum absolute atomic E-state index is 0.00855. The van der Waals surface area contributed by atoms with Crippen LogP contribution >= 0.6 is 0 Å². The minimum Gasteiger partial charge on any atom is -0.478 e. The molecule has 0 aliphatic rings. The van der Waals surface area contributed by atoms with Crippen molar-refractivity contribution in [1.29, 1.82) is 0 Å². The second-order valence-electron chi connectivity index (χ2n) is 5.39. The number of aromatic nitrogens is 1. The summed E-state index contributed by atoms with van der Waals surface area (Å²) in [6, 6.07) is 3.72. The summed E-state index contributed by atoms with van der Waals surface area (Å²) >= 11 is 0. The summed E-state index contributed by atoms with van der Waals surface area (Å²) in [6.45, 7) is 10.6. The summed E-state index contributed by atoms with van der Waals surface area (Å²) in [5, 5.41) is 9.27. The Morgan fingerprint density at radius 2 is 2.11 bits per heavy atom. The zero-order chi connectivity index (χ0) is 13.6. The highest BCUT2D eigenvalue weighted by Gasteiger charge is 2.17. The molecule has 0 aromatic carbocycles. The zero-order valence-electron chi connectivity index (χ0n) is 11.6. The molecule has 0 atom stereocenters. The van der Waals surface area contributed by atoms with Gasteiger partial charge in [0.2, 0.25) is 5.88 Å². The van der Waals surface area contributed by atoms with Gasteiger partial charge in [-0.15, -0.1) is 6.58 Å². The average molecular weight is 249 g/mol. The highest BCUT2D eigenvalue weighted by Crippen LogP contribution is 2.24. The summed E-state index contributed by atoms with van der Waals surface area (Å²) in [7, 11) is 0. The highest BCUT2D eigenvalue weighted by atomic mass is 16.5. The van der Waals surface area contributed by atoms with E-state index in [1.807, 2.05) is 12.1 Å². The van der Waals surface area contributed by atoms with Crippen molar-refractivity contribution in [3.8, 4) is 5.88 Å². The van der Waals surface area contributed by atoms with E-state index in [2.05, 4.69) is 32.3 Å². The average Bonchev–Trinajstić information content (AvgIpc) is 2.33. The van der Waals surface area contributed by atoms with Crippen LogP contribution in [0.25, 0.3) is 0 Å². The van der Waals surface area contributed by atoms with Gasteiger partial charge in [0.1, 0.15) is 0 Å². The molecule has 0 saturated carbocycles. The predicted molar refractivity (Wildman–Crippen MR) is 73.8 cm³/mol. The van der Waals surface area contributed by atoms with Crippen LogP contribution in [-0.4, -0.2) is 16.7 Å². The molecule has 0 spiro atoms. The van der Waals surface area contributed by atoms with E-state index in [4.69, 9.17) is 4.74 Å². The smallest absolute Gasteiger partial charge is 0.213 e. The zero-order valence-corrected chi connectivity index (χ0v) is 11.6. The number of allylic oxidation sites excluding steroid dienone is 1. The van der Waals surface area contributed by atoms with Crippen molar-refractivity contribution >= 4 is 0 Å². The molecule has 1 aromatic heterocycles. The molecule has 1 N–H and O–H groups in total. The summed E-state index contributed by atoms with van der Waals surface area (Å²) in [6.07, 6.45) is 3.74. The SMILES string of the molecule is C=CCCCOc1cc(CO)cc(C(C)(C)C)n1. The van der Waals surface area contributed by atoms with Crippen LogP contribution in [0.2, 0.25) is 0 Å². The molecule has 0 fully saturated rings. The topological polar surface area (TPSA) is 42.4 Å². The van der Waals surface area contributed by atoms with Gasteiger partial charge in [-0.25, -0.2) is 4.98 Å². The Balaban J connectivity index is 2.81. The van der Waals surface area contributed by atoms with Crippen LogP contribution in [0.5, 0.6) is 5.88 Å². The second-order valence-corrected chi connectivity index (χ2v) is 5.39. The summed E-state index contributed by atoms with van der Waals surface area (Å²) in [5.74, 6) is 0.593. The lowest BCUT2D eigenvalue weighted by Gasteiger charge is -2.19. The van der Waals surface area contributed by atoms with E-state index in [0.717, 1.165) is 24.1 Å². The molecule has 0 unspecified atom stereocenters. The Morgan fingerprint density at radius 1 is 1.39 bits per heavy atom. The van der Waals surface area contributed by atoms with Gasteiger partial charge in [0.25, 0.3) is 0 Å². The number of pyridine rings is 1. The maximum atomic E-state index is 9.27. The third-order valence-corrected chi connectivity index (χ3v) is 2.62. The van der Waals surface area contributed by atoms with Crippen molar-refractivity contribution in [2.45, 2.75) is 45.6 Å². The fraction of sp³-hybridized carbons (Fsp3) is 0.533. The molecule has 3 heteroatoms. The predicted octanol–water partition coefficient (Wildman–Crippen LogP) is 3.22. The molecule has 3 nitrogen and oxygen atoms in total. The van der Waals surface area contributed by atoms with Crippen LogP contribution in [0.4, 0.5) is 0 Å². The molecule has 0 amide bonds. The van der Waals surface area contributed by atoms with E-state index in [1.54, 1.807) is 6.07 Å². The third-order valence-electron chi connectivity index (χ3n) is 2.62. The van der Waals surface area contributed by atoms with E-state index < -0.39 is 0 Å². The van der Waals surface area contributed by atoms with Gasteiger partial charge in [-0.3, -0.25) is 0 Å². The van der Waals surface area contributed by atoms with Crippen molar-refractivity contribution in [2.75, 3.05) is 6.61 Å². The number of aliphatic hydroxyl groups is 1. The lowest BCUT2D eigenvalue weighted by Crippen LogP contribution is -2.15. The quantitative estimate of drug-likeness (QED) is 0.622. The molecule has 100 valence electrons. The van der Waals surface area contributed by atoms with Crippen LogP contribution < -0.4 is 4.74 Å². The van der Waals surface area contributed by atoms with E-state index >= 15 is 0 Å². The molecule has 0 aliphatic heterocycles. The Morgan fingerprint density at radius 3 is 2.67 bits per heavy atom. The summed E-state index contributed by atoms with van der Waals surface area (Å²) < 4.78 is 5.62. The molecule has 0 bridgehead atoms. The largest absolute Gasteiger partial charge is 0.478 e. The van der Waals surface area contributed by atoms with Crippen LogP contribution in [0.1, 0.15) is 44.9 Å². The van der Waals surface area contributed by atoms with Gasteiger partial charge in [0.05, 0.1) is 18.9 Å². The number of unbranched alkanes of at least 4 members (excludes halogenated alkanes) is 1. The van der Waals surface area contributed by atoms with Crippen LogP contribution in [0, 0.1) is 0 Å². The maximum absolute atomic E-state index is 9.27. The fourth-order valence-electron chi connectivity index (χ4n) is 1.51. The van der Waals surface area contributed by atoms with Gasteiger partial charge < -0.3 is 9.84 Å². The first-order valence-electron chi connectivity index (χ1n) is 6.33. The molecule has 1 rings (SSSR count). The van der Waals surface area contributed by atoms with E-state index in [-0.39, 0.29) is 12.0 Å². The Labute approximate surface area is 110 Å². The fourth-order valence-corrected chi connectivity index (χ4v) is 1.51. The number of rotatable bonds is 6. The molecule has 0 saturated heterocycles. The number of hydrogen-bond donors (Lipinski definition) is 1. The van der Waals surface area contributed by atoms with Crippen LogP contribution in [0.3, 0.4) is 0 Å². The normalized spacial score (nSPS) is 11.3. The van der Waals surface area contributed by atoms with Crippen molar-refractivity contribution < 1.29 is 9.84 Å². The molecule has 0 radical (unpaired) electrons. The van der Waals surface area contributed by atoms with E-state index in [9.17, 15) is 5.11 Å². The third kappa shape index (κ3) is 4.49. The molecular formula is C15H23NO2. The molecule has 0 aliphatic carbocycles. The molecular weight excluding hydrogens is 226 g/mol. The molecule has 1 heterocycles. The lowest BCUT2D eigenvalue weighted by atomic mass is 9.91. The minimum atomic E-state index is -0.0512. The first kappa shape index (κ1) is 14.7.